The summed E-state index contributed by atoms with van der Waals surface area (Å²) in [5.74, 6) is 0. The molecule has 8 heavy (non-hydrogen) atoms. The number of hydrogen-bond donors (Lipinski definition) is 1. The second kappa shape index (κ2) is 7.37. The van der Waals surface area contributed by atoms with Crippen LogP contribution in [0, 0.1) is 0 Å². The van der Waals surface area contributed by atoms with E-state index in [4.69, 9.17) is 0 Å². The molecule has 0 aliphatic rings. The van der Waals surface area contributed by atoms with E-state index in [0.29, 0.717) is 0 Å². The first-order valence-electron chi connectivity index (χ1n) is 3.17. The van der Waals surface area contributed by atoms with Gasteiger partial charge in [0.15, 0.2) is 0 Å². The summed E-state index contributed by atoms with van der Waals surface area (Å²) in [7, 11) is 1.35. The highest BCUT2D eigenvalue weighted by atomic mass is 32.2. The molecule has 3 heteroatoms. The van der Waals surface area contributed by atoms with E-state index in [9.17, 15) is 0 Å². The van der Waals surface area contributed by atoms with E-state index in [2.05, 4.69) is 17.9 Å². The van der Waals surface area contributed by atoms with E-state index in [1.54, 1.807) is 11.9 Å². The molecule has 0 heterocycles. The molecule has 0 aromatic rings. The van der Waals surface area contributed by atoms with Crippen LogP contribution in [0.4, 0.5) is 0 Å². The lowest BCUT2D eigenvalue weighted by atomic mass is 9.72. The molecule has 0 unspecified atom stereocenters. The third-order valence-electron chi connectivity index (χ3n) is 1.03. The number of rotatable bonds is 5. The largest absolute Gasteiger partial charge is 0.265 e. The third kappa shape index (κ3) is 6.37. The minimum absolute atomic E-state index is 1.16. The van der Waals surface area contributed by atoms with Crippen molar-refractivity contribution in [2.45, 2.75) is 19.6 Å². The van der Waals surface area contributed by atoms with Gasteiger partial charge in [-0.05, 0) is 12.8 Å². The second-order valence-electron chi connectivity index (χ2n) is 1.81. The highest BCUT2D eigenvalue weighted by molar-refractivity contribution is 7.96. The summed E-state index contributed by atoms with van der Waals surface area (Å²) in [5.41, 5.74) is 0. The van der Waals surface area contributed by atoms with Crippen LogP contribution >= 0.6 is 11.9 Å². The number of hydrogen-bond acceptors (Lipinski definition) is 2. The first-order chi connectivity index (χ1) is 3.91. The minimum Gasteiger partial charge on any atom is -0.265 e. The summed E-state index contributed by atoms with van der Waals surface area (Å²) in [5, 5.41) is 0. The summed E-state index contributed by atoms with van der Waals surface area (Å²) in [6.45, 7) is 3.38. The highest BCUT2D eigenvalue weighted by Crippen LogP contribution is 1.85. The molecule has 0 spiro atoms. The standard InChI is InChI=1S/C5H14BNS/c1-3-6-4-5-7-8-2/h6-7H,3-5H2,1-2H3. The van der Waals surface area contributed by atoms with Crippen molar-refractivity contribution < 1.29 is 0 Å². The molecule has 0 fully saturated rings. The van der Waals surface area contributed by atoms with Crippen molar-refractivity contribution in [1.29, 1.82) is 0 Å². The average Bonchev–Trinajstić information content (AvgIpc) is 1.81. The van der Waals surface area contributed by atoms with Gasteiger partial charge in [0, 0.05) is 0 Å². The number of nitrogens with one attached hydrogen (secondary N) is 1. The van der Waals surface area contributed by atoms with E-state index in [1.807, 2.05) is 0 Å². The van der Waals surface area contributed by atoms with Crippen molar-refractivity contribution in [1.82, 2.24) is 4.72 Å². The predicted molar refractivity (Wildman–Crippen MR) is 44.0 cm³/mol. The lowest BCUT2D eigenvalue weighted by Crippen LogP contribution is -2.06. The Morgan fingerprint density at radius 2 is 2.38 bits per heavy atom. The SMILES string of the molecule is CCBCCNSC. The molecule has 0 aliphatic carbocycles. The molecule has 0 bridgehead atoms. The molecule has 0 saturated carbocycles. The maximum Gasteiger partial charge on any atom is 0.121 e. The van der Waals surface area contributed by atoms with Gasteiger partial charge in [-0.3, -0.25) is 4.72 Å². The molecule has 0 aromatic carbocycles. The third-order valence-corrected chi connectivity index (χ3v) is 1.52. The molecule has 0 radical (unpaired) electrons. The van der Waals surface area contributed by atoms with E-state index >= 15 is 0 Å². The van der Waals surface area contributed by atoms with Crippen molar-refractivity contribution in [3.63, 3.8) is 0 Å². The van der Waals surface area contributed by atoms with Crippen molar-refractivity contribution in [2.75, 3.05) is 12.8 Å². The van der Waals surface area contributed by atoms with Crippen LogP contribution < -0.4 is 4.72 Å². The topological polar surface area (TPSA) is 12.0 Å². The van der Waals surface area contributed by atoms with E-state index in [-0.39, 0.29) is 0 Å². The zero-order valence-electron chi connectivity index (χ0n) is 5.74. The summed E-state index contributed by atoms with van der Waals surface area (Å²) in [6.07, 6.45) is 4.69. The zero-order valence-corrected chi connectivity index (χ0v) is 6.55. The molecule has 0 aliphatic heterocycles. The summed E-state index contributed by atoms with van der Waals surface area (Å²) in [6, 6.07) is 0. The van der Waals surface area contributed by atoms with Crippen LogP contribution in [0.2, 0.25) is 12.6 Å². The lowest BCUT2D eigenvalue weighted by molar-refractivity contribution is 1.02. The average molecular weight is 131 g/mol. The highest BCUT2D eigenvalue weighted by Gasteiger charge is 1.84. The van der Waals surface area contributed by atoms with Crippen LogP contribution in [0.5, 0.6) is 0 Å². The molecule has 0 aromatic heterocycles. The van der Waals surface area contributed by atoms with Gasteiger partial charge in [-0.2, -0.15) is 0 Å². The van der Waals surface area contributed by atoms with Crippen LogP contribution in [-0.4, -0.2) is 20.1 Å². The van der Waals surface area contributed by atoms with Gasteiger partial charge in [0.1, 0.15) is 7.28 Å². The Bertz CT molecular complexity index is 37.4. The van der Waals surface area contributed by atoms with Crippen LogP contribution in [0.3, 0.4) is 0 Å². The molecule has 48 valence electrons. The smallest absolute Gasteiger partial charge is 0.121 e. The van der Waals surface area contributed by atoms with Gasteiger partial charge in [0.05, 0.1) is 0 Å². The molecule has 1 nitrogen and oxygen atoms in total. The molecule has 0 rings (SSSR count). The Labute approximate surface area is 57.0 Å². The summed E-state index contributed by atoms with van der Waals surface area (Å²) >= 11 is 1.70. The Kier molecular flexibility index (Phi) is 7.72. The van der Waals surface area contributed by atoms with Gasteiger partial charge >= 0.3 is 0 Å². The molecule has 0 amide bonds. The van der Waals surface area contributed by atoms with E-state index < -0.39 is 0 Å². The minimum atomic E-state index is 1.16. The van der Waals surface area contributed by atoms with Gasteiger partial charge in [-0.15, -0.1) is 0 Å². The van der Waals surface area contributed by atoms with E-state index in [1.165, 1.54) is 19.9 Å². The van der Waals surface area contributed by atoms with Gasteiger partial charge in [0.2, 0.25) is 0 Å². The zero-order chi connectivity index (χ0) is 6.24. The van der Waals surface area contributed by atoms with Crippen molar-refractivity contribution in [3.05, 3.63) is 0 Å². The molecular formula is C5H14BNS. The van der Waals surface area contributed by atoms with Gasteiger partial charge in [-0.25, -0.2) is 0 Å². The van der Waals surface area contributed by atoms with Gasteiger partial charge in [0.25, 0.3) is 0 Å². The van der Waals surface area contributed by atoms with Crippen molar-refractivity contribution in [3.8, 4) is 0 Å². The Morgan fingerprint density at radius 3 is 2.88 bits per heavy atom. The predicted octanol–water partition coefficient (Wildman–Crippen LogP) is 1.15. The van der Waals surface area contributed by atoms with E-state index in [0.717, 1.165) is 6.54 Å². The monoisotopic (exact) mass is 131 g/mol. The van der Waals surface area contributed by atoms with Crippen molar-refractivity contribution >= 4 is 19.2 Å². The first kappa shape index (κ1) is 8.37. The fourth-order valence-corrected chi connectivity index (χ4v) is 0.898. The van der Waals surface area contributed by atoms with Crippen LogP contribution in [0.1, 0.15) is 6.92 Å². The van der Waals surface area contributed by atoms with Crippen molar-refractivity contribution in [2.24, 2.45) is 0 Å². The molecular weight excluding hydrogens is 117 g/mol. The van der Waals surface area contributed by atoms with Gasteiger partial charge < -0.3 is 0 Å². The molecule has 1 N–H and O–H groups in total. The Balaban J connectivity index is 2.53. The summed E-state index contributed by atoms with van der Waals surface area (Å²) in [4.78, 5) is 0. The Morgan fingerprint density at radius 1 is 1.62 bits per heavy atom. The molecule has 0 atom stereocenters. The van der Waals surface area contributed by atoms with Gasteiger partial charge in [-0.1, -0.05) is 31.5 Å². The fraction of sp³-hybridized carbons (Fsp3) is 1.00. The normalized spacial score (nSPS) is 9.25. The quantitative estimate of drug-likeness (QED) is 0.341. The second-order valence-corrected chi connectivity index (χ2v) is 2.50. The molecule has 0 saturated heterocycles. The van der Waals surface area contributed by atoms with Crippen LogP contribution in [-0.2, 0) is 0 Å². The lowest BCUT2D eigenvalue weighted by Gasteiger charge is -1.95. The van der Waals surface area contributed by atoms with Crippen LogP contribution in [0.15, 0.2) is 0 Å². The maximum atomic E-state index is 3.20. The fourth-order valence-electron chi connectivity index (χ4n) is 0.549. The first-order valence-corrected chi connectivity index (χ1v) is 4.40. The summed E-state index contributed by atoms with van der Waals surface area (Å²) < 4.78 is 3.20. The van der Waals surface area contributed by atoms with Crippen LogP contribution in [0.25, 0.3) is 0 Å². The Hall–Kier alpha value is 0.375. The maximum absolute atomic E-state index is 3.20.